The van der Waals surface area contributed by atoms with E-state index in [1.165, 1.54) is 12.8 Å². The molecular formula is C22H23Cl2N5O. The summed E-state index contributed by atoms with van der Waals surface area (Å²) in [5.41, 5.74) is 3.95. The Morgan fingerprint density at radius 3 is 2.57 bits per heavy atom. The van der Waals surface area contributed by atoms with Crippen molar-refractivity contribution in [3.63, 3.8) is 0 Å². The number of pyridine rings is 1. The Labute approximate surface area is 185 Å². The van der Waals surface area contributed by atoms with E-state index in [1.807, 2.05) is 32.0 Å². The maximum atomic E-state index is 12.7. The van der Waals surface area contributed by atoms with Gasteiger partial charge in [0, 0.05) is 29.4 Å². The van der Waals surface area contributed by atoms with E-state index in [4.69, 9.17) is 23.2 Å². The number of carbonyl (C=O) groups is 1. The molecule has 1 amide bonds. The molecule has 1 fully saturated rings. The number of aromatic nitrogens is 3. The van der Waals surface area contributed by atoms with Crippen LogP contribution in [0.3, 0.4) is 0 Å². The molecule has 3 heterocycles. The van der Waals surface area contributed by atoms with E-state index >= 15 is 0 Å². The molecule has 0 saturated carbocycles. The maximum Gasteiger partial charge on any atom is 0.228 e. The summed E-state index contributed by atoms with van der Waals surface area (Å²) in [6, 6.07) is 9.12. The highest BCUT2D eigenvalue weighted by Gasteiger charge is 2.18. The first-order valence-corrected chi connectivity index (χ1v) is 10.7. The molecule has 0 atom stereocenters. The van der Waals surface area contributed by atoms with Gasteiger partial charge in [-0.25, -0.2) is 9.67 Å². The summed E-state index contributed by atoms with van der Waals surface area (Å²) in [6.45, 7) is 5.90. The smallest absolute Gasteiger partial charge is 0.228 e. The van der Waals surface area contributed by atoms with Crippen LogP contribution in [-0.4, -0.2) is 33.8 Å². The fourth-order valence-electron chi connectivity index (χ4n) is 3.78. The molecule has 4 rings (SSSR count). The third-order valence-electron chi connectivity index (χ3n) is 5.38. The molecule has 1 N–H and O–H groups in total. The lowest BCUT2D eigenvalue weighted by atomic mass is 10.1. The van der Waals surface area contributed by atoms with Crippen LogP contribution in [0.15, 0.2) is 36.5 Å². The molecule has 3 aromatic rings. The highest BCUT2D eigenvalue weighted by atomic mass is 35.5. The van der Waals surface area contributed by atoms with E-state index in [0.717, 1.165) is 41.5 Å². The van der Waals surface area contributed by atoms with Crippen LogP contribution in [0.4, 0.5) is 11.5 Å². The van der Waals surface area contributed by atoms with Crippen LogP contribution in [0.1, 0.15) is 29.8 Å². The van der Waals surface area contributed by atoms with Gasteiger partial charge in [-0.05, 0) is 57.0 Å². The quantitative estimate of drug-likeness (QED) is 0.604. The van der Waals surface area contributed by atoms with Crippen LogP contribution < -0.4 is 10.2 Å². The number of nitrogens with zero attached hydrogens (tertiary/aromatic N) is 4. The number of rotatable bonds is 5. The van der Waals surface area contributed by atoms with E-state index in [-0.39, 0.29) is 12.3 Å². The molecule has 0 unspecified atom stereocenters. The standard InChI is InChI=1S/C22H23Cl2N5O/c1-14-18(15(2)29(27-14)20-7-5-16(23)11-19(20)24)12-22(30)26-17-6-8-21(25-13-17)28-9-3-4-10-28/h5-8,11,13H,3-4,9-10,12H2,1-2H3,(H,26,30). The zero-order chi connectivity index (χ0) is 21.3. The Balaban J connectivity index is 1.47. The molecule has 0 radical (unpaired) electrons. The van der Waals surface area contributed by atoms with Gasteiger partial charge in [0.15, 0.2) is 0 Å². The van der Waals surface area contributed by atoms with Crippen LogP contribution in [0.5, 0.6) is 0 Å². The first kappa shape index (κ1) is 20.7. The second-order valence-corrected chi connectivity index (χ2v) is 8.32. The second-order valence-electron chi connectivity index (χ2n) is 7.48. The highest BCUT2D eigenvalue weighted by molar-refractivity contribution is 6.35. The fourth-order valence-corrected chi connectivity index (χ4v) is 4.27. The zero-order valence-corrected chi connectivity index (χ0v) is 18.5. The lowest BCUT2D eigenvalue weighted by Gasteiger charge is -2.16. The summed E-state index contributed by atoms with van der Waals surface area (Å²) in [4.78, 5) is 19.4. The number of halogens is 2. The lowest BCUT2D eigenvalue weighted by molar-refractivity contribution is -0.115. The second kappa shape index (κ2) is 8.66. The Hall–Kier alpha value is -2.57. The van der Waals surface area contributed by atoms with E-state index in [2.05, 4.69) is 20.3 Å². The van der Waals surface area contributed by atoms with Gasteiger partial charge in [0.1, 0.15) is 5.82 Å². The van der Waals surface area contributed by atoms with Gasteiger partial charge >= 0.3 is 0 Å². The van der Waals surface area contributed by atoms with Gasteiger partial charge in [0.05, 0.1) is 34.7 Å². The molecule has 0 aliphatic carbocycles. The number of nitrogens with one attached hydrogen (secondary N) is 1. The number of hydrogen-bond acceptors (Lipinski definition) is 4. The van der Waals surface area contributed by atoms with Crippen LogP contribution in [-0.2, 0) is 11.2 Å². The first-order valence-electron chi connectivity index (χ1n) is 9.94. The van der Waals surface area contributed by atoms with Crippen molar-refractivity contribution in [3.8, 4) is 5.69 Å². The van der Waals surface area contributed by atoms with Crippen molar-refractivity contribution in [2.75, 3.05) is 23.3 Å². The number of hydrogen-bond donors (Lipinski definition) is 1. The Kier molecular flexibility index (Phi) is 5.97. The van der Waals surface area contributed by atoms with Gasteiger partial charge in [-0.1, -0.05) is 23.2 Å². The highest BCUT2D eigenvalue weighted by Crippen LogP contribution is 2.27. The minimum absolute atomic E-state index is 0.112. The largest absolute Gasteiger partial charge is 0.357 e. The summed E-state index contributed by atoms with van der Waals surface area (Å²) in [6.07, 6.45) is 4.33. The summed E-state index contributed by atoms with van der Waals surface area (Å²) in [5.74, 6) is 0.844. The van der Waals surface area contributed by atoms with Crippen molar-refractivity contribution >= 4 is 40.6 Å². The van der Waals surface area contributed by atoms with Crippen molar-refractivity contribution < 1.29 is 4.79 Å². The predicted molar refractivity (Wildman–Crippen MR) is 121 cm³/mol. The molecule has 0 spiro atoms. The number of aryl methyl sites for hydroxylation is 1. The molecule has 156 valence electrons. The Bertz CT molecular complexity index is 1070. The Morgan fingerprint density at radius 1 is 1.13 bits per heavy atom. The molecule has 1 saturated heterocycles. The van der Waals surface area contributed by atoms with Gasteiger partial charge in [-0.3, -0.25) is 4.79 Å². The monoisotopic (exact) mass is 443 g/mol. The summed E-state index contributed by atoms with van der Waals surface area (Å²) in [7, 11) is 0. The normalized spacial score (nSPS) is 13.7. The van der Waals surface area contributed by atoms with Crippen molar-refractivity contribution in [1.29, 1.82) is 0 Å². The summed E-state index contributed by atoms with van der Waals surface area (Å²) < 4.78 is 1.75. The average molecular weight is 444 g/mol. The van der Waals surface area contributed by atoms with Crippen molar-refractivity contribution in [3.05, 3.63) is 63.5 Å². The molecule has 6 nitrogen and oxygen atoms in total. The molecule has 1 aromatic carbocycles. The van der Waals surface area contributed by atoms with Crippen LogP contribution in [0.2, 0.25) is 10.0 Å². The third-order valence-corrected chi connectivity index (χ3v) is 5.92. The minimum atomic E-state index is -0.112. The molecule has 1 aliphatic heterocycles. The summed E-state index contributed by atoms with van der Waals surface area (Å²) in [5, 5.41) is 8.58. The lowest BCUT2D eigenvalue weighted by Crippen LogP contribution is -2.19. The molecule has 30 heavy (non-hydrogen) atoms. The predicted octanol–water partition coefficient (Wildman–Crippen LogP) is 4.97. The number of carbonyl (C=O) groups excluding carboxylic acids is 1. The fraction of sp³-hybridized carbons (Fsp3) is 0.318. The molecule has 2 aromatic heterocycles. The van der Waals surface area contributed by atoms with Gasteiger partial charge < -0.3 is 10.2 Å². The SMILES string of the molecule is Cc1nn(-c2ccc(Cl)cc2Cl)c(C)c1CC(=O)Nc1ccc(N2CCCC2)nc1. The molecular weight excluding hydrogens is 421 g/mol. The molecule has 8 heteroatoms. The van der Waals surface area contributed by atoms with Crippen molar-refractivity contribution in [2.24, 2.45) is 0 Å². The van der Waals surface area contributed by atoms with Crippen molar-refractivity contribution in [1.82, 2.24) is 14.8 Å². The van der Waals surface area contributed by atoms with Gasteiger partial charge in [0.25, 0.3) is 0 Å². The number of benzene rings is 1. The van der Waals surface area contributed by atoms with Crippen LogP contribution in [0, 0.1) is 13.8 Å². The molecule has 0 bridgehead atoms. The van der Waals surface area contributed by atoms with Gasteiger partial charge in [-0.15, -0.1) is 0 Å². The van der Waals surface area contributed by atoms with E-state index in [0.29, 0.717) is 15.7 Å². The van der Waals surface area contributed by atoms with Gasteiger partial charge in [-0.2, -0.15) is 5.10 Å². The van der Waals surface area contributed by atoms with Crippen LogP contribution >= 0.6 is 23.2 Å². The third kappa shape index (κ3) is 4.30. The Morgan fingerprint density at radius 2 is 1.90 bits per heavy atom. The zero-order valence-electron chi connectivity index (χ0n) is 17.0. The minimum Gasteiger partial charge on any atom is -0.357 e. The van der Waals surface area contributed by atoms with Gasteiger partial charge in [0.2, 0.25) is 5.91 Å². The van der Waals surface area contributed by atoms with E-state index in [9.17, 15) is 4.79 Å². The maximum absolute atomic E-state index is 12.7. The first-order chi connectivity index (χ1) is 14.4. The van der Waals surface area contributed by atoms with E-state index < -0.39 is 0 Å². The van der Waals surface area contributed by atoms with Crippen LogP contribution in [0.25, 0.3) is 5.69 Å². The summed E-state index contributed by atoms with van der Waals surface area (Å²) >= 11 is 12.3. The number of anilines is 2. The average Bonchev–Trinajstić information content (AvgIpc) is 3.33. The number of amides is 1. The topological polar surface area (TPSA) is 63.1 Å². The molecule has 1 aliphatic rings. The van der Waals surface area contributed by atoms with E-state index in [1.54, 1.807) is 23.0 Å². The van der Waals surface area contributed by atoms with Crippen molar-refractivity contribution in [2.45, 2.75) is 33.1 Å².